The SMILES string of the molecule is CCC[C@@H](C)/C=C(\C)[C@H](O)[C@H](C)/C=C/CC[C@@H](O)[C@H](C)[C@H](O)[C@H](C)[C@H](O)[C@H](C)[C@H]1O[C@H]([C@H](C)C(=O)OC)CC[C@@H]1C. The number of carbonyl (C=O) groups is 1. The van der Waals surface area contributed by atoms with Crippen molar-refractivity contribution in [1.29, 1.82) is 0 Å². The van der Waals surface area contributed by atoms with Gasteiger partial charge in [-0.05, 0) is 63.4 Å². The second kappa shape index (κ2) is 18.4. The van der Waals surface area contributed by atoms with E-state index in [2.05, 4.69) is 26.8 Å². The molecule has 0 bridgehead atoms. The summed E-state index contributed by atoms with van der Waals surface area (Å²) in [5, 5.41) is 43.8. The molecule has 7 heteroatoms. The molecular weight excluding hydrogens is 520 g/mol. The number of esters is 1. The smallest absolute Gasteiger partial charge is 0.311 e. The molecule has 41 heavy (non-hydrogen) atoms. The number of rotatable bonds is 17. The maximum Gasteiger partial charge on any atom is 0.311 e. The Bertz CT molecular complexity index is 811. The third kappa shape index (κ3) is 11.4. The van der Waals surface area contributed by atoms with Crippen LogP contribution in [0.15, 0.2) is 23.8 Å². The highest BCUT2D eigenvalue weighted by molar-refractivity contribution is 5.72. The first kappa shape index (κ1) is 37.8. The van der Waals surface area contributed by atoms with Crippen LogP contribution >= 0.6 is 0 Å². The zero-order valence-corrected chi connectivity index (χ0v) is 27.5. The van der Waals surface area contributed by atoms with Crippen molar-refractivity contribution >= 4 is 5.97 Å². The number of methoxy groups -OCH3 is 1. The first-order valence-corrected chi connectivity index (χ1v) is 16.0. The highest BCUT2D eigenvalue weighted by Gasteiger charge is 2.42. The zero-order chi connectivity index (χ0) is 31.4. The maximum atomic E-state index is 12.1. The van der Waals surface area contributed by atoms with Gasteiger partial charge in [-0.3, -0.25) is 4.79 Å². The normalized spacial score (nSPS) is 27.8. The van der Waals surface area contributed by atoms with E-state index in [0.717, 1.165) is 31.3 Å². The number of allylic oxidation sites excluding steroid dienone is 2. The molecule has 1 fully saturated rings. The molecular formula is C34H62O7. The van der Waals surface area contributed by atoms with Gasteiger partial charge < -0.3 is 29.9 Å². The van der Waals surface area contributed by atoms with E-state index in [1.807, 2.05) is 53.7 Å². The fourth-order valence-electron chi connectivity index (χ4n) is 6.37. The molecule has 0 amide bonds. The van der Waals surface area contributed by atoms with E-state index in [1.54, 1.807) is 0 Å². The molecule has 240 valence electrons. The van der Waals surface area contributed by atoms with E-state index < -0.39 is 36.3 Å². The topological polar surface area (TPSA) is 116 Å². The quantitative estimate of drug-likeness (QED) is 0.129. The van der Waals surface area contributed by atoms with E-state index in [4.69, 9.17) is 9.47 Å². The lowest BCUT2D eigenvalue weighted by Crippen LogP contribution is -2.49. The lowest BCUT2D eigenvalue weighted by molar-refractivity contribution is -0.171. The van der Waals surface area contributed by atoms with Crippen molar-refractivity contribution < 1.29 is 34.7 Å². The Morgan fingerprint density at radius 2 is 1.61 bits per heavy atom. The van der Waals surface area contributed by atoms with Gasteiger partial charge in [-0.2, -0.15) is 0 Å². The van der Waals surface area contributed by atoms with Crippen LogP contribution in [-0.4, -0.2) is 70.1 Å². The minimum atomic E-state index is -0.895. The summed E-state index contributed by atoms with van der Waals surface area (Å²) < 4.78 is 11.2. The van der Waals surface area contributed by atoms with Crippen molar-refractivity contribution in [3.05, 3.63) is 23.8 Å². The number of aliphatic hydroxyl groups is 4. The minimum Gasteiger partial charge on any atom is -0.469 e. The summed E-state index contributed by atoms with van der Waals surface area (Å²) in [5.74, 6) is -1.21. The van der Waals surface area contributed by atoms with Gasteiger partial charge in [0.25, 0.3) is 0 Å². The molecule has 1 saturated heterocycles. The maximum absolute atomic E-state index is 12.1. The molecule has 0 aromatic carbocycles. The molecule has 1 rings (SSSR count). The Kier molecular flexibility index (Phi) is 17.0. The van der Waals surface area contributed by atoms with E-state index in [9.17, 15) is 25.2 Å². The van der Waals surface area contributed by atoms with Crippen LogP contribution in [0.3, 0.4) is 0 Å². The highest BCUT2D eigenvalue weighted by Crippen LogP contribution is 2.36. The molecule has 1 aliphatic rings. The standard InChI is InChI=1S/C34H62O7/c1-11-14-20(2)19-23(5)30(36)21(3)15-12-13-16-28(35)24(6)31(37)26(8)32(38)27(9)33-22(4)17-18-29(41-33)25(7)34(39)40-10/h12,15,19-22,24-33,35-38H,11,13-14,16-18H2,1-10H3/b15-12+,23-19+/t20-,21-,22+,24+,25+,26+,27+,28-,29+,30-,31+,32+,33+/m1/s1. The van der Waals surface area contributed by atoms with Crippen molar-refractivity contribution in [2.75, 3.05) is 7.11 Å². The molecule has 13 atom stereocenters. The fraction of sp³-hybridized carbons (Fsp3) is 0.853. The van der Waals surface area contributed by atoms with Crippen LogP contribution in [0, 0.1) is 41.4 Å². The summed E-state index contributed by atoms with van der Waals surface area (Å²) in [5.41, 5.74) is 0.989. The van der Waals surface area contributed by atoms with Crippen LogP contribution in [0.4, 0.5) is 0 Å². The Morgan fingerprint density at radius 1 is 0.976 bits per heavy atom. The van der Waals surface area contributed by atoms with Crippen LogP contribution in [-0.2, 0) is 14.3 Å². The monoisotopic (exact) mass is 582 g/mol. The van der Waals surface area contributed by atoms with Gasteiger partial charge in [0.15, 0.2) is 0 Å². The second-order valence-electron chi connectivity index (χ2n) is 13.1. The van der Waals surface area contributed by atoms with Gasteiger partial charge in [0.2, 0.25) is 0 Å². The van der Waals surface area contributed by atoms with Gasteiger partial charge in [-0.1, -0.05) is 73.1 Å². The molecule has 0 saturated carbocycles. The summed E-state index contributed by atoms with van der Waals surface area (Å²) in [4.78, 5) is 12.1. The predicted octanol–water partition coefficient (Wildman–Crippen LogP) is 5.69. The first-order valence-electron chi connectivity index (χ1n) is 16.0. The van der Waals surface area contributed by atoms with Gasteiger partial charge in [0.05, 0.1) is 49.7 Å². The van der Waals surface area contributed by atoms with Crippen LogP contribution in [0.1, 0.15) is 101 Å². The molecule has 0 aliphatic carbocycles. The van der Waals surface area contributed by atoms with Crippen LogP contribution < -0.4 is 0 Å². The van der Waals surface area contributed by atoms with Gasteiger partial charge in [-0.25, -0.2) is 0 Å². The number of hydrogen-bond donors (Lipinski definition) is 4. The molecule has 0 unspecified atom stereocenters. The van der Waals surface area contributed by atoms with Gasteiger partial charge >= 0.3 is 5.97 Å². The Morgan fingerprint density at radius 3 is 2.20 bits per heavy atom. The molecule has 0 spiro atoms. The molecule has 0 radical (unpaired) electrons. The highest BCUT2D eigenvalue weighted by atomic mass is 16.5. The van der Waals surface area contributed by atoms with Gasteiger partial charge in [-0.15, -0.1) is 0 Å². The van der Waals surface area contributed by atoms with Crippen LogP contribution in [0.25, 0.3) is 0 Å². The number of hydrogen-bond acceptors (Lipinski definition) is 7. The van der Waals surface area contributed by atoms with Gasteiger partial charge in [0, 0.05) is 23.7 Å². The number of carbonyl (C=O) groups excluding carboxylic acids is 1. The third-order valence-corrected chi connectivity index (χ3v) is 9.53. The van der Waals surface area contributed by atoms with E-state index in [-0.39, 0.29) is 41.8 Å². The van der Waals surface area contributed by atoms with Crippen molar-refractivity contribution in [2.24, 2.45) is 41.4 Å². The molecule has 0 aromatic heterocycles. The molecule has 7 nitrogen and oxygen atoms in total. The summed E-state index contributed by atoms with van der Waals surface area (Å²) in [6.45, 7) is 17.8. The summed E-state index contributed by atoms with van der Waals surface area (Å²) in [7, 11) is 1.38. The van der Waals surface area contributed by atoms with E-state index in [0.29, 0.717) is 18.8 Å². The molecule has 4 N–H and O–H groups in total. The van der Waals surface area contributed by atoms with Crippen molar-refractivity contribution in [1.82, 2.24) is 0 Å². The largest absolute Gasteiger partial charge is 0.469 e. The Labute approximate surface area is 250 Å². The average molecular weight is 583 g/mol. The van der Waals surface area contributed by atoms with Crippen LogP contribution in [0.5, 0.6) is 0 Å². The van der Waals surface area contributed by atoms with Crippen molar-refractivity contribution in [2.45, 2.75) is 137 Å². The lowest BCUT2D eigenvalue weighted by atomic mass is 9.76. The average Bonchev–Trinajstić information content (AvgIpc) is 2.95. The predicted molar refractivity (Wildman–Crippen MR) is 165 cm³/mol. The van der Waals surface area contributed by atoms with Crippen molar-refractivity contribution in [3.63, 3.8) is 0 Å². The first-order chi connectivity index (χ1) is 19.2. The Balaban J connectivity index is 2.67. The molecule has 0 aromatic rings. The fourth-order valence-corrected chi connectivity index (χ4v) is 6.37. The number of aliphatic hydroxyl groups excluding tert-OH is 4. The van der Waals surface area contributed by atoms with E-state index in [1.165, 1.54) is 7.11 Å². The third-order valence-electron chi connectivity index (χ3n) is 9.53. The van der Waals surface area contributed by atoms with Crippen LogP contribution in [0.2, 0.25) is 0 Å². The molecule has 1 heterocycles. The minimum absolute atomic E-state index is 0.0310. The molecule has 1 aliphatic heterocycles. The van der Waals surface area contributed by atoms with Gasteiger partial charge in [0.1, 0.15) is 0 Å². The summed E-state index contributed by atoms with van der Waals surface area (Å²) in [6.07, 6.45) is 7.62. The Hall–Kier alpha value is -1.25. The second-order valence-corrected chi connectivity index (χ2v) is 13.1. The van der Waals surface area contributed by atoms with Crippen molar-refractivity contribution in [3.8, 4) is 0 Å². The summed E-state index contributed by atoms with van der Waals surface area (Å²) >= 11 is 0. The number of ether oxygens (including phenoxy) is 2. The summed E-state index contributed by atoms with van der Waals surface area (Å²) in [6, 6.07) is 0. The zero-order valence-electron chi connectivity index (χ0n) is 27.5. The van der Waals surface area contributed by atoms with E-state index >= 15 is 0 Å². The lowest BCUT2D eigenvalue weighted by Gasteiger charge is -2.43.